The molecule has 8 heterocycles. The number of nitriles is 1. The van der Waals surface area contributed by atoms with E-state index >= 15 is 8.78 Å². The van der Waals surface area contributed by atoms with E-state index in [-0.39, 0.29) is 99.3 Å². The zero-order valence-corrected chi connectivity index (χ0v) is 50.5. The minimum atomic E-state index is -0.736. The van der Waals surface area contributed by atoms with Crippen LogP contribution in [-0.2, 0) is 9.59 Å². The van der Waals surface area contributed by atoms with Gasteiger partial charge >= 0.3 is 5.69 Å². The van der Waals surface area contributed by atoms with Gasteiger partial charge in [-0.3, -0.25) is 19.5 Å². The van der Waals surface area contributed by atoms with Crippen LogP contribution in [0.5, 0.6) is 5.75 Å². The summed E-state index contributed by atoms with van der Waals surface area (Å²) < 4.78 is 31.5. The Morgan fingerprint density at radius 2 is 1.48 bits per heavy atom. The number of fused-ring (bicyclic) bond motifs is 2. The summed E-state index contributed by atoms with van der Waals surface area (Å²) in [5.74, 6) is 0.313. The van der Waals surface area contributed by atoms with E-state index in [4.69, 9.17) is 43.1 Å². The number of carbonyl (C=O) groups excluding carboxylic acids is 2. The van der Waals surface area contributed by atoms with E-state index in [0.29, 0.717) is 82.3 Å². The Hall–Kier alpha value is -9.19. The number of nitrogens with zero attached hydrogens (tertiary/aromatic N) is 14. The summed E-state index contributed by atoms with van der Waals surface area (Å²) in [6.45, 7) is 33.0. The molecule has 18 nitrogen and oxygen atoms in total. The number of carbonyl (C=O) groups is 2. The van der Waals surface area contributed by atoms with Crippen LogP contribution in [-0.4, -0.2) is 123 Å². The number of anilines is 3. The van der Waals surface area contributed by atoms with Gasteiger partial charge < -0.3 is 24.7 Å². The Balaban J connectivity index is 0.000000205. The number of rotatable bonds is 11. The van der Waals surface area contributed by atoms with Crippen LogP contribution >= 0.6 is 23.2 Å². The third-order valence-electron chi connectivity index (χ3n) is 15.3. The molecular weight excluding hydrogens is 1140 g/mol. The smallest absolute Gasteiger partial charge is 0.355 e. The molecule has 2 aromatic carbocycles. The highest BCUT2D eigenvalue weighted by atomic mass is 35.5. The maximum atomic E-state index is 15.1. The predicted molar refractivity (Wildman–Crippen MR) is 333 cm³/mol. The highest BCUT2D eigenvalue weighted by Crippen LogP contribution is 2.45. The summed E-state index contributed by atoms with van der Waals surface area (Å²) in [5.41, 5.74) is 4.51. The van der Waals surface area contributed by atoms with Crippen LogP contribution in [0.1, 0.15) is 93.8 Å². The lowest BCUT2D eigenvalue weighted by Gasteiger charge is -2.46. The largest absolute Gasteiger partial charge is 0.507 e. The second-order valence-corrected chi connectivity index (χ2v) is 22.6. The van der Waals surface area contributed by atoms with E-state index in [2.05, 4.69) is 52.2 Å². The van der Waals surface area contributed by atoms with Gasteiger partial charge in [0.15, 0.2) is 17.3 Å². The van der Waals surface area contributed by atoms with E-state index in [0.717, 1.165) is 11.3 Å². The van der Waals surface area contributed by atoms with E-state index in [1.54, 1.807) is 53.6 Å². The number of hydrogen-bond donors (Lipinski definition) is 1. The zero-order valence-electron chi connectivity index (χ0n) is 49.0. The fourth-order valence-electron chi connectivity index (χ4n) is 11.2. The summed E-state index contributed by atoms with van der Waals surface area (Å²) in [6, 6.07) is 16.8. The normalized spacial score (nSPS) is 16.8. The van der Waals surface area contributed by atoms with Gasteiger partial charge in [0.1, 0.15) is 34.9 Å². The van der Waals surface area contributed by atoms with Gasteiger partial charge in [-0.25, -0.2) is 43.1 Å². The number of amides is 2. The molecule has 2 saturated heterocycles. The first-order valence-electron chi connectivity index (χ1n) is 27.9. The molecule has 0 saturated carbocycles. The van der Waals surface area contributed by atoms with Gasteiger partial charge in [-0.2, -0.15) is 10.2 Å². The molecule has 10 rings (SSSR count). The topological polar surface area (TPSA) is 206 Å². The molecule has 3 aliphatic rings. The van der Waals surface area contributed by atoms with Crippen LogP contribution in [0.25, 0.3) is 45.3 Å². The molecule has 0 aliphatic carbocycles. The van der Waals surface area contributed by atoms with Crippen LogP contribution in [0.2, 0.25) is 10.0 Å². The van der Waals surface area contributed by atoms with Crippen molar-refractivity contribution in [3.05, 3.63) is 177 Å². The molecule has 3 aliphatic heterocycles. The number of amidine groups is 1. The SMILES string of the molecule is C=CC(=O)N1CC(C)N(C2=NC(=C)N(c3c(C)nc(C=C)nc3C(C)C)c3nc(-c4ccccc4F)c(Cl)cc32)CC1C.C=CC(=O)N1CCN(c2nc(=O)n(-c3c(C)ccnc3C(C)C)c3nc(-c4c(O)cccc4F)c(Cl)cc23)CC1CC#N. The molecule has 0 spiro atoms. The highest BCUT2D eigenvalue weighted by molar-refractivity contribution is 6.34. The third-order valence-corrected chi connectivity index (χ3v) is 15.9. The number of phenolic OH excluding ortho intramolecular Hbond substituents is 1. The number of aliphatic imine (C=N–C) groups is 1. The van der Waals surface area contributed by atoms with Crippen LogP contribution in [0.15, 0.2) is 121 Å². The van der Waals surface area contributed by atoms with Crippen molar-refractivity contribution in [1.82, 2.24) is 49.2 Å². The second kappa shape index (κ2) is 25.2. The molecule has 86 heavy (non-hydrogen) atoms. The molecule has 0 bridgehead atoms. The Kier molecular flexibility index (Phi) is 18.0. The molecule has 0 radical (unpaired) electrons. The number of piperazine rings is 2. The lowest BCUT2D eigenvalue weighted by molar-refractivity contribution is -0.131. The number of pyridine rings is 3. The van der Waals surface area contributed by atoms with E-state index < -0.39 is 23.4 Å². The van der Waals surface area contributed by atoms with Crippen molar-refractivity contribution in [2.45, 2.75) is 91.8 Å². The maximum absolute atomic E-state index is 15.1. The minimum Gasteiger partial charge on any atom is -0.507 e. The number of benzene rings is 2. The van der Waals surface area contributed by atoms with Crippen molar-refractivity contribution in [2.75, 3.05) is 42.5 Å². The monoisotopic (exact) mass is 1200 g/mol. The number of phenols is 1. The molecule has 2 fully saturated rings. The van der Waals surface area contributed by atoms with Gasteiger partial charge in [-0.05, 0) is 106 Å². The van der Waals surface area contributed by atoms with Gasteiger partial charge in [0.05, 0.1) is 84.9 Å². The Labute approximate surface area is 507 Å². The van der Waals surface area contributed by atoms with Gasteiger partial charge in [-0.15, -0.1) is 0 Å². The van der Waals surface area contributed by atoms with Gasteiger partial charge in [0.2, 0.25) is 11.8 Å². The summed E-state index contributed by atoms with van der Waals surface area (Å²) >= 11 is 13.6. The molecular formula is C64H64Cl2F2N14O4. The maximum Gasteiger partial charge on any atom is 0.355 e. The van der Waals surface area contributed by atoms with E-state index in [9.17, 15) is 24.8 Å². The number of aromatic nitrogens is 7. The predicted octanol–water partition coefficient (Wildman–Crippen LogP) is 11.8. The van der Waals surface area contributed by atoms with Crippen LogP contribution < -0.4 is 15.5 Å². The summed E-state index contributed by atoms with van der Waals surface area (Å²) in [6.07, 6.45) is 5.89. The molecule has 22 heteroatoms. The first kappa shape index (κ1) is 61.4. The first-order valence-corrected chi connectivity index (χ1v) is 28.6. The van der Waals surface area contributed by atoms with Crippen LogP contribution in [0.4, 0.5) is 26.1 Å². The summed E-state index contributed by atoms with van der Waals surface area (Å²) in [5, 5.41) is 20.7. The quantitative estimate of drug-likeness (QED) is 0.120. The van der Waals surface area contributed by atoms with Crippen LogP contribution in [0, 0.1) is 36.8 Å². The molecule has 2 amide bonds. The minimum absolute atomic E-state index is 0.0201. The molecule has 5 aromatic heterocycles. The average molecular weight is 1200 g/mol. The Morgan fingerprint density at radius 3 is 2.14 bits per heavy atom. The van der Waals surface area contributed by atoms with Crippen molar-refractivity contribution < 1.29 is 23.5 Å². The molecule has 1 N–H and O–H groups in total. The lowest BCUT2D eigenvalue weighted by atomic mass is 10.0. The fraction of sp³-hybridized carbons (Fsp3) is 0.297. The fourth-order valence-corrected chi connectivity index (χ4v) is 11.7. The third kappa shape index (κ3) is 11.6. The van der Waals surface area contributed by atoms with Crippen molar-refractivity contribution in [2.24, 2.45) is 4.99 Å². The van der Waals surface area contributed by atoms with E-state index in [1.807, 2.05) is 70.1 Å². The second-order valence-electron chi connectivity index (χ2n) is 21.8. The molecule has 3 unspecified atom stereocenters. The standard InChI is InChI=1S/C33H35ClFN7O.C31H29ClFN7O3/c1-9-27-36-21(7)31(29(38-27)18(3)4)42-22(8)37-32(41-17-19(5)40(16-20(41)6)28(43)10-2)24-15-25(34)30(39-33(24)42)23-13-11-12-14-26(23)35;1-5-24(42)39-14-13-38(16-19(39)9-11-34)29-20-15-21(32)27(25-22(33)7-6-8-23(25)41)36-30(20)40(31(43)37-29)28-18(4)10-12-35-26(28)17(2)3/h9-15,18-20H,1-2,8,16-17H2,3-7H3;5-8,10,12,15,17,19,41H,1,9,13-14,16H2,2-4H3. The number of aromatic hydroxyl groups is 1. The van der Waals surface area contributed by atoms with Gasteiger partial charge in [-0.1, -0.05) is 95.4 Å². The Bertz CT molecular complexity index is 4050. The van der Waals surface area contributed by atoms with Crippen LogP contribution in [0.3, 0.4) is 0 Å². The van der Waals surface area contributed by atoms with Crippen molar-refractivity contribution in [3.8, 4) is 40.0 Å². The average Bonchev–Trinajstić information content (AvgIpc) is 0.777. The molecule has 3 atom stereocenters. The number of aryl methyl sites for hydroxylation is 2. The van der Waals surface area contributed by atoms with Gasteiger partial charge in [0, 0.05) is 56.6 Å². The van der Waals surface area contributed by atoms with Crippen molar-refractivity contribution >= 4 is 75.3 Å². The van der Waals surface area contributed by atoms with E-state index in [1.165, 1.54) is 41.0 Å². The molecule has 442 valence electrons. The highest BCUT2D eigenvalue weighted by Gasteiger charge is 2.40. The lowest BCUT2D eigenvalue weighted by Crippen LogP contribution is -2.59. The summed E-state index contributed by atoms with van der Waals surface area (Å²) in [7, 11) is 0. The Morgan fingerprint density at radius 1 is 0.791 bits per heavy atom. The summed E-state index contributed by atoms with van der Waals surface area (Å²) in [4.78, 5) is 81.4. The zero-order chi connectivity index (χ0) is 62.2. The number of hydrogen-bond acceptors (Lipinski definition) is 15. The van der Waals surface area contributed by atoms with Crippen molar-refractivity contribution in [3.63, 3.8) is 0 Å². The van der Waals surface area contributed by atoms with Crippen molar-refractivity contribution in [1.29, 1.82) is 5.26 Å². The van der Waals surface area contributed by atoms with Gasteiger partial charge in [0.25, 0.3) is 0 Å². The number of halogens is 4. The first-order chi connectivity index (χ1) is 41.0. The molecule has 7 aromatic rings.